The first-order chi connectivity index (χ1) is 10.7. The second-order valence-corrected chi connectivity index (χ2v) is 8.25. The Morgan fingerprint density at radius 3 is 2.50 bits per heavy atom. The van der Waals surface area contributed by atoms with Gasteiger partial charge in [-0.05, 0) is 84.7 Å². The van der Waals surface area contributed by atoms with Gasteiger partial charge >= 0.3 is 0 Å². The molecule has 3 unspecified atom stereocenters. The number of hydrogen-bond acceptors (Lipinski definition) is 1. The Balaban J connectivity index is 1.47. The van der Waals surface area contributed by atoms with Crippen LogP contribution in [0.4, 0.5) is 0 Å². The zero-order valence-corrected chi connectivity index (χ0v) is 14.6. The molecule has 1 aliphatic heterocycles. The Hall–Kier alpha value is -0.650. The minimum Gasteiger partial charge on any atom is -0.307 e. The molecule has 0 spiro atoms. The van der Waals surface area contributed by atoms with Crippen LogP contribution in [0.3, 0.4) is 0 Å². The molecule has 3 aliphatic rings. The molecule has 2 aliphatic carbocycles. The molecule has 0 amide bonds. The topological polar surface area (TPSA) is 21.9 Å². The molecule has 4 rings (SSSR count). The summed E-state index contributed by atoms with van der Waals surface area (Å²) in [7, 11) is 2.97. The molecule has 1 aromatic carbocycles. The molecule has 2 heteroatoms. The van der Waals surface area contributed by atoms with E-state index in [-0.39, 0.29) is 0 Å². The van der Waals surface area contributed by atoms with Crippen molar-refractivity contribution in [2.24, 2.45) is 17.8 Å². The molecule has 0 radical (unpaired) electrons. The van der Waals surface area contributed by atoms with Crippen molar-refractivity contribution in [3.63, 3.8) is 0 Å². The van der Waals surface area contributed by atoms with Crippen LogP contribution in [0, 0.1) is 17.8 Å². The van der Waals surface area contributed by atoms with Gasteiger partial charge in [0, 0.05) is 12.6 Å². The molecule has 22 heavy (non-hydrogen) atoms. The first-order valence-electron chi connectivity index (χ1n) is 9.01. The second-order valence-electron chi connectivity index (χ2n) is 7.62. The van der Waals surface area contributed by atoms with Gasteiger partial charge < -0.3 is 5.32 Å². The molecule has 1 aromatic rings. The Kier molecular flexibility index (Phi) is 4.13. The van der Waals surface area contributed by atoms with Gasteiger partial charge in [0.05, 0.1) is 0 Å². The predicted octanol–water partition coefficient (Wildman–Crippen LogP) is 3.93. The summed E-state index contributed by atoms with van der Waals surface area (Å²) in [6.07, 6.45) is 11.8. The standard InChI is InChI=1S/C20H28NP/c1-2-13-3-5-14(6-4-13)15-7-8-16-10-18(19-12-21-19)20(22)11-17(16)9-15/h2,10-11,13-15,19,21H,1,3-9,12,22H2. The first kappa shape index (κ1) is 14.9. The zero-order chi connectivity index (χ0) is 15.1. The normalized spacial score (nSPS) is 34.0. The molecule has 118 valence electrons. The van der Waals surface area contributed by atoms with Crippen LogP contribution >= 0.6 is 9.24 Å². The van der Waals surface area contributed by atoms with Crippen LogP contribution in [0.2, 0.25) is 0 Å². The van der Waals surface area contributed by atoms with Crippen molar-refractivity contribution in [2.75, 3.05) is 6.54 Å². The minimum atomic E-state index is 0.629. The Labute approximate surface area is 137 Å². The highest BCUT2D eigenvalue weighted by atomic mass is 31.0. The van der Waals surface area contributed by atoms with E-state index in [0.717, 1.165) is 24.3 Å². The van der Waals surface area contributed by atoms with Gasteiger partial charge in [0.1, 0.15) is 0 Å². The summed E-state index contributed by atoms with van der Waals surface area (Å²) in [5.41, 5.74) is 4.79. The van der Waals surface area contributed by atoms with Crippen LogP contribution in [0.25, 0.3) is 0 Å². The fourth-order valence-corrected chi connectivity index (χ4v) is 5.20. The van der Waals surface area contributed by atoms with Gasteiger partial charge in [-0.3, -0.25) is 0 Å². The average Bonchev–Trinajstić information content (AvgIpc) is 3.38. The minimum absolute atomic E-state index is 0.629. The lowest BCUT2D eigenvalue weighted by Gasteiger charge is -2.36. The lowest BCUT2D eigenvalue weighted by molar-refractivity contribution is 0.206. The number of nitrogens with one attached hydrogen (secondary N) is 1. The molecule has 1 heterocycles. The van der Waals surface area contributed by atoms with Crippen LogP contribution in [0.1, 0.15) is 54.8 Å². The fraction of sp³-hybridized carbons (Fsp3) is 0.600. The van der Waals surface area contributed by atoms with Crippen molar-refractivity contribution in [1.29, 1.82) is 0 Å². The summed E-state index contributed by atoms with van der Waals surface area (Å²) in [5.74, 6) is 2.68. The SMILES string of the molecule is C=CC1CCC(C2CCc3cc(C4CN4)c(P)cc3C2)CC1. The number of allylic oxidation sites excluding steroid dienone is 1. The number of aryl methyl sites for hydroxylation is 1. The zero-order valence-electron chi connectivity index (χ0n) is 13.5. The maximum absolute atomic E-state index is 3.98. The monoisotopic (exact) mass is 313 g/mol. The summed E-state index contributed by atoms with van der Waals surface area (Å²) in [4.78, 5) is 0. The highest BCUT2D eigenvalue weighted by Crippen LogP contribution is 2.40. The summed E-state index contributed by atoms with van der Waals surface area (Å²) in [6, 6.07) is 5.59. The highest BCUT2D eigenvalue weighted by molar-refractivity contribution is 7.27. The summed E-state index contributed by atoms with van der Waals surface area (Å²) in [6.45, 7) is 5.14. The molecule has 1 saturated carbocycles. The third kappa shape index (κ3) is 2.91. The van der Waals surface area contributed by atoms with E-state index in [2.05, 4.69) is 39.3 Å². The van der Waals surface area contributed by atoms with Crippen LogP contribution in [0.5, 0.6) is 0 Å². The van der Waals surface area contributed by atoms with Crippen LogP contribution in [-0.2, 0) is 12.8 Å². The molecule has 0 bridgehead atoms. The summed E-state index contributed by atoms with van der Waals surface area (Å²) < 4.78 is 0. The van der Waals surface area contributed by atoms with E-state index in [1.54, 1.807) is 11.1 Å². The molecule has 1 saturated heterocycles. The van der Waals surface area contributed by atoms with E-state index < -0.39 is 0 Å². The van der Waals surface area contributed by atoms with Crippen molar-refractivity contribution in [1.82, 2.24) is 5.32 Å². The van der Waals surface area contributed by atoms with E-state index in [1.165, 1.54) is 55.8 Å². The number of hydrogen-bond donors (Lipinski definition) is 1. The highest BCUT2D eigenvalue weighted by Gasteiger charge is 2.31. The Bertz CT molecular complexity index is 567. The quantitative estimate of drug-likeness (QED) is 0.510. The summed E-state index contributed by atoms with van der Waals surface area (Å²) >= 11 is 0. The van der Waals surface area contributed by atoms with Gasteiger partial charge in [0.15, 0.2) is 0 Å². The fourth-order valence-electron chi connectivity index (χ4n) is 4.71. The van der Waals surface area contributed by atoms with Crippen LogP contribution < -0.4 is 10.6 Å². The first-order valence-corrected chi connectivity index (χ1v) is 9.59. The molecule has 2 fully saturated rings. The maximum Gasteiger partial charge on any atom is 0.0453 e. The molecular weight excluding hydrogens is 285 g/mol. The average molecular weight is 313 g/mol. The molecule has 1 nitrogen and oxygen atoms in total. The second kappa shape index (κ2) is 6.10. The van der Waals surface area contributed by atoms with E-state index in [0.29, 0.717) is 6.04 Å². The number of rotatable bonds is 3. The van der Waals surface area contributed by atoms with Gasteiger partial charge in [-0.25, -0.2) is 0 Å². The van der Waals surface area contributed by atoms with Gasteiger partial charge in [-0.1, -0.05) is 18.2 Å². The molecule has 0 aromatic heterocycles. The van der Waals surface area contributed by atoms with Gasteiger partial charge in [0.2, 0.25) is 0 Å². The molecular formula is C20H28NP. The van der Waals surface area contributed by atoms with Crippen molar-refractivity contribution < 1.29 is 0 Å². The third-order valence-electron chi connectivity index (χ3n) is 6.27. The van der Waals surface area contributed by atoms with Crippen LogP contribution in [0.15, 0.2) is 24.8 Å². The van der Waals surface area contributed by atoms with Gasteiger partial charge in [0.25, 0.3) is 0 Å². The predicted molar refractivity (Wildman–Crippen MR) is 97.7 cm³/mol. The largest absolute Gasteiger partial charge is 0.307 e. The summed E-state index contributed by atoms with van der Waals surface area (Å²) in [5, 5.41) is 4.87. The van der Waals surface area contributed by atoms with Crippen LogP contribution in [-0.4, -0.2) is 6.54 Å². The number of benzene rings is 1. The van der Waals surface area contributed by atoms with Crippen molar-refractivity contribution in [3.8, 4) is 0 Å². The third-order valence-corrected chi connectivity index (χ3v) is 6.77. The van der Waals surface area contributed by atoms with E-state index in [4.69, 9.17) is 0 Å². The Morgan fingerprint density at radius 2 is 1.82 bits per heavy atom. The van der Waals surface area contributed by atoms with Crippen molar-refractivity contribution >= 4 is 14.5 Å². The van der Waals surface area contributed by atoms with E-state index >= 15 is 0 Å². The van der Waals surface area contributed by atoms with Gasteiger partial charge in [-0.2, -0.15) is 0 Å². The lowest BCUT2D eigenvalue weighted by atomic mass is 9.69. The maximum atomic E-state index is 3.98. The Morgan fingerprint density at radius 1 is 1.05 bits per heavy atom. The van der Waals surface area contributed by atoms with E-state index in [1.807, 2.05) is 0 Å². The van der Waals surface area contributed by atoms with Crippen molar-refractivity contribution in [2.45, 2.75) is 51.0 Å². The smallest absolute Gasteiger partial charge is 0.0453 e. The van der Waals surface area contributed by atoms with Gasteiger partial charge in [-0.15, -0.1) is 15.8 Å². The molecule has 3 atom stereocenters. The van der Waals surface area contributed by atoms with Crippen molar-refractivity contribution in [3.05, 3.63) is 41.5 Å². The molecule has 1 N–H and O–H groups in total. The van der Waals surface area contributed by atoms with E-state index in [9.17, 15) is 0 Å². The number of fused-ring (bicyclic) bond motifs is 1. The lowest BCUT2D eigenvalue weighted by Crippen LogP contribution is -2.27.